The van der Waals surface area contributed by atoms with Crippen LogP contribution < -0.4 is 0 Å². The van der Waals surface area contributed by atoms with Gasteiger partial charge in [-0.25, -0.2) is 9.97 Å². The van der Waals surface area contributed by atoms with E-state index in [1.54, 1.807) is 17.7 Å². The van der Waals surface area contributed by atoms with Gasteiger partial charge in [0, 0.05) is 27.1 Å². The van der Waals surface area contributed by atoms with Crippen molar-refractivity contribution in [3.05, 3.63) is 30.9 Å². The maximum absolute atomic E-state index is 4.29. The Kier molecular flexibility index (Phi) is 1.41. The van der Waals surface area contributed by atoms with Gasteiger partial charge in [-0.2, -0.15) is 5.10 Å². The SMILES string of the molecule is c1ncc2c(n1)sc1c3cn[nH]c3ccc21. The minimum atomic E-state index is 1.03. The Hall–Kier alpha value is -2.01. The van der Waals surface area contributed by atoms with E-state index < -0.39 is 0 Å². The van der Waals surface area contributed by atoms with Crippen LogP contribution in [0.4, 0.5) is 0 Å². The summed E-state index contributed by atoms with van der Waals surface area (Å²) in [4.78, 5) is 9.39. The van der Waals surface area contributed by atoms with Crippen LogP contribution in [0.25, 0.3) is 31.2 Å². The zero-order valence-corrected chi connectivity index (χ0v) is 8.95. The third-order valence-electron chi connectivity index (χ3n) is 2.74. The summed E-state index contributed by atoms with van der Waals surface area (Å²) >= 11 is 1.68. The van der Waals surface area contributed by atoms with Crippen LogP contribution in [0.5, 0.6) is 0 Å². The second-order valence-electron chi connectivity index (χ2n) is 3.62. The van der Waals surface area contributed by atoms with Gasteiger partial charge in [-0.15, -0.1) is 11.3 Å². The topological polar surface area (TPSA) is 54.5 Å². The van der Waals surface area contributed by atoms with Crippen molar-refractivity contribution in [3.63, 3.8) is 0 Å². The molecule has 0 saturated carbocycles. The van der Waals surface area contributed by atoms with Crippen LogP contribution in [-0.2, 0) is 0 Å². The van der Waals surface area contributed by atoms with E-state index in [2.05, 4.69) is 26.2 Å². The van der Waals surface area contributed by atoms with Crippen molar-refractivity contribution < 1.29 is 0 Å². The second-order valence-corrected chi connectivity index (χ2v) is 4.62. The number of aromatic amines is 1. The molecule has 1 N–H and O–H groups in total. The summed E-state index contributed by atoms with van der Waals surface area (Å²) in [5, 5.41) is 10.5. The van der Waals surface area contributed by atoms with Gasteiger partial charge in [-0.05, 0) is 6.07 Å². The third-order valence-corrected chi connectivity index (χ3v) is 3.90. The summed E-state index contributed by atoms with van der Waals surface area (Å²) in [6.45, 7) is 0. The standard InChI is InChI=1S/C11H6N4S/c1-2-9-8(4-14-15-9)10-6(1)7-3-12-5-13-11(7)16-10/h1-5H,(H,14,15). The number of benzene rings is 1. The first-order valence-electron chi connectivity index (χ1n) is 4.88. The number of hydrogen-bond acceptors (Lipinski definition) is 4. The summed E-state index contributed by atoms with van der Waals surface area (Å²) in [7, 11) is 0. The molecule has 0 aliphatic carbocycles. The van der Waals surface area contributed by atoms with E-state index in [9.17, 15) is 0 Å². The lowest BCUT2D eigenvalue weighted by Crippen LogP contribution is -1.74. The van der Waals surface area contributed by atoms with Crippen LogP contribution in [0.3, 0.4) is 0 Å². The Morgan fingerprint density at radius 2 is 2.06 bits per heavy atom. The van der Waals surface area contributed by atoms with Crippen molar-refractivity contribution in [2.45, 2.75) is 0 Å². The number of fused-ring (bicyclic) bond motifs is 5. The molecule has 3 aromatic heterocycles. The lowest BCUT2D eigenvalue weighted by atomic mass is 10.1. The quantitative estimate of drug-likeness (QED) is 0.501. The van der Waals surface area contributed by atoms with Crippen LogP contribution in [-0.4, -0.2) is 20.2 Å². The maximum atomic E-state index is 4.29. The summed E-state index contributed by atoms with van der Waals surface area (Å²) in [6, 6.07) is 4.14. The van der Waals surface area contributed by atoms with Crippen molar-refractivity contribution in [3.8, 4) is 0 Å². The fraction of sp³-hybridized carbons (Fsp3) is 0. The molecule has 0 aliphatic rings. The predicted octanol–water partition coefficient (Wildman–Crippen LogP) is 2.72. The zero-order valence-electron chi connectivity index (χ0n) is 8.14. The van der Waals surface area contributed by atoms with E-state index in [0.29, 0.717) is 0 Å². The fourth-order valence-corrected chi connectivity index (χ4v) is 3.12. The van der Waals surface area contributed by atoms with Gasteiger partial charge in [0.25, 0.3) is 0 Å². The van der Waals surface area contributed by atoms with Crippen molar-refractivity contribution in [2.24, 2.45) is 0 Å². The predicted molar refractivity (Wildman–Crippen MR) is 64.6 cm³/mol. The minimum absolute atomic E-state index is 1.03. The lowest BCUT2D eigenvalue weighted by Gasteiger charge is -1.91. The summed E-state index contributed by atoms with van der Waals surface area (Å²) in [5.41, 5.74) is 1.06. The highest BCUT2D eigenvalue weighted by Crippen LogP contribution is 2.35. The normalized spacial score (nSPS) is 11.8. The fourth-order valence-electron chi connectivity index (χ4n) is 1.99. The Morgan fingerprint density at radius 1 is 1.06 bits per heavy atom. The van der Waals surface area contributed by atoms with E-state index in [0.717, 1.165) is 21.1 Å². The van der Waals surface area contributed by atoms with Gasteiger partial charge in [0.2, 0.25) is 0 Å². The molecule has 16 heavy (non-hydrogen) atoms. The zero-order chi connectivity index (χ0) is 10.5. The highest BCUT2D eigenvalue weighted by Gasteiger charge is 2.09. The molecule has 5 heteroatoms. The third kappa shape index (κ3) is 0.906. The lowest BCUT2D eigenvalue weighted by molar-refractivity contribution is 1.12. The molecule has 4 rings (SSSR count). The summed E-state index contributed by atoms with van der Waals surface area (Å²) in [5.74, 6) is 0. The van der Waals surface area contributed by atoms with Crippen LogP contribution in [0.15, 0.2) is 30.9 Å². The average Bonchev–Trinajstić information content (AvgIpc) is 2.92. The van der Waals surface area contributed by atoms with Crippen LogP contribution in [0.2, 0.25) is 0 Å². The smallest absolute Gasteiger partial charge is 0.127 e. The largest absolute Gasteiger partial charge is 0.278 e. The molecule has 4 nitrogen and oxygen atoms in total. The Balaban J connectivity index is 2.38. The van der Waals surface area contributed by atoms with Gasteiger partial charge in [0.1, 0.15) is 11.2 Å². The molecular weight excluding hydrogens is 220 g/mol. The Morgan fingerprint density at radius 3 is 3.06 bits per heavy atom. The maximum Gasteiger partial charge on any atom is 0.127 e. The molecule has 0 unspecified atom stereocenters. The highest BCUT2D eigenvalue weighted by molar-refractivity contribution is 7.26. The summed E-state index contributed by atoms with van der Waals surface area (Å²) in [6.07, 6.45) is 5.32. The molecule has 3 heterocycles. The molecule has 0 fully saturated rings. The summed E-state index contributed by atoms with van der Waals surface area (Å²) < 4.78 is 1.22. The number of rotatable bonds is 0. The molecule has 1 aromatic carbocycles. The molecular formula is C11H6N4S. The van der Waals surface area contributed by atoms with Gasteiger partial charge in [0.05, 0.1) is 11.7 Å². The van der Waals surface area contributed by atoms with Crippen LogP contribution >= 0.6 is 11.3 Å². The van der Waals surface area contributed by atoms with Crippen molar-refractivity contribution >= 4 is 42.5 Å². The number of nitrogens with one attached hydrogen (secondary N) is 1. The first-order chi connectivity index (χ1) is 7.93. The molecule has 0 atom stereocenters. The average molecular weight is 226 g/mol. The van der Waals surface area contributed by atoms with E-state index >= 15 is 0 Å². The van der Waals surface area contributed by atoms with E-state index in [4.69, 9.17) is 0 Å². The first kappa shape index (κ1) is 8.18. The van der Waals surface area contributed by atoms with Crippen molar-refractivity contribution in [2.75, 3.05) is 0 Å². The van der Waals surface area contributed by atoms with E-state index in [1.807, 2.05) is 18.5 Å². The molecule has 4 aromatic rings. The Labute approximate surface area is 94.0 Å². The highest BCUT2D eigenvalue weighted by atomic mass is 32.1. The molecule has 0 aliphatic heterocycles. The molecule has 0 amide bonds. The number of H-pyrrole nitrogens is 1. The molecule has 0 radical (unpaired) electrons. The van der Waals surface area contributed by atoms with Crippen molar-refractivity contribution in [1.82, 2.24) is 20.2 Å². The van der Waals surface area contributed by atoms with E-state index in [1.165, 1.54) is 10.1 Å². The van der Waals surface area contributed by atoms with Gasteiger partial charge in [0.15, 0.2) is 0 Å². The molecule has 0 spiro atoms. The monoisotopic (exact) mass is 226 g/mol. The van der Waals surface area contributed by atoms with Crippen LogP contribution in [0.1, 0.15) is 0 Å². The molecule has 76 valence electrons. The van der Waals surface area contributed by atoms with Gasteiger partial charge >= 0.3 is 0 Å². The van der Waals surface area contributed by atoms with Gasteiger partial charge in [-0.1, -0.05) is 6.07 Å². The number of nitrogens with zero attached hydrogens (tertiary/aromatic N) is 3. The second kappa shape index (κ2) is 2.76. The van der Waals surface area contributed by atoms with Gasteiger partial charge in [-0.3, -0.25) is 5.10 Å². The number of hydrogen-bond donors (Lipinski definition) is 1. The number of aromatic nitrogens is 4. The van der Waals surface area contributed by atoms with Crippen molar-refractivity contribution in [1.29, 1.82) is 0 Å². The van der Waals surface area contributed by atoms with Crippen LogP contribution in [0, 0.1) is 0 Å². The molecule has 0 saturated heterocycles. The Bertz CT molecular complexity index is 814. The molecule has 0 bridgehead atoms. The van der Waals surface area contributed by atoms with E-state index in [-0.39, 0.29) is 0 Å². The minimum Gasteiger partial charge on any atom is -0.278 e. The first-order valence-corrected chi connectivity index (χ1v) is 5.69. The number of thiophene rings is 1. The van der Waals surface area contributed by atoms with Gasteiger partial charge < -0.3 is 0 Å².